The first-order valence-electron chi connectivity index (χ1n) is 30.1. The predicted molar refractivity (Wildman–Crippen MR) is 303 cm³/mol. The lowest BCUT2D eigenvalue weighted by Gasteiger charge is -2.46. The van der Waals surface area contributed by atoms with E-state index in [1.54, 1.807) is 0 Å². The number of rotatable bonds is 42. The Labute approximate surface area is 438 Å². The van der Waals surface area contributed by atoms with Crippen molar-refractivity contribution in [3.05, 3.63) is 58.7 Å². The topological polar surface area (TPSA) is 82.1 Å². The van der Waals surface area contributed by atoms with Gasteiger partial charge in [0.25, 0.3) is 0 Å². The van der Waals surface area contributed by atoms with Gasteiger partial charge in [-0.1, -0.05) is 206 Å². The number of hydrogen-bond acceptors (Lipinski definition) is 6. The average Bonchev–Trinajstić information content (AvgIpc) is 3.34. The highest BCUT2D eigenvalue weighted by atomic mass is 17.2. The highest BCUT2D eigenvalue weighted by molar-refractivity contribution is 5.75. The van der Waals surface area contributed by atoms with Gasteiger partial charge in [-0.3, -0.25) is 0 Å². The zero-order valence-electron chi connectivity index (χ0n) is 48.1. The molecule has 1 aliphatic heterocycles. The lowest BCUT2D eigenvalue weighted by molar-refractivity contribution is -0.265. The van der Waals surface area contributed by atoms with Crippen LogP contribution in [0.2, 0.25) is 0 Å². The van der Waals surface area contributed by atoms with Crippen LogP contribution in [0.4, 0.5) is 0 Å². The van der Waals surface area contributed by atoms with Gasteiger partial charge in [0.15, 0.2) is 0 Å². The molecule has 0 radical (unpaired) electrons. The second-order valence-corrected chi connectivity index (χ2v) is 23.1. The number of phenols is 1. The van der Waals surface area contributed by atoms with Crippen molar-refractivity contribution in [1.82, 2.24) is 0 Å². The Balaban J connectivity index is 2.10. The molecule has 0 aliphatic carbocycles. The summed E-state index contributed by atoms with van der Waals surface area (Å²) in [5.74, 6) is 1.65. The fraction of sp³-hybridized carbons (Fsp3) is 0.785. The molecule has 5 atom stereocenters. The number of unbranched alkanes of at least 4 members (excludes halogenated alkanes) is 18. The summed E-state index contributed by atoms with van der Waals surface area (Å²) >= 11 is 0. The van der Waals surface area contributed by atoms with Crippen LogP contribution < -0.4 is 4.74 Å². The quantitative estimate of drug-likeness (QED) is 0.0304. The molecule has 0 saturated heterocycles. The van der Waals surface area contributed by atoms with Gasteiger partial charge in [0.05, 0.1) is 12.3 Å². The van der Waals surface area contributed by atoms with E-state index in [-0.39, 0.29) is 12.3 Å². The fourth-order valence-corrected chi connectivity index (χ4v) is 10.9. The number of ether oxygens (including phenoxy) is 1. The minimum atomic E-state index is -0.645. The summed E-state index contributed by atoms with van der Waals surface area (Å²) in [6, 6.07) is 0. The van der Waals surface area contributed by atoms with Gasteiger partial charge in [0.1, 0.15) is 17.1 Å². The number of carbonyl (C=O) groups is 2. The fourth-order valence-electron chi connectivity index (χ4n) is 10.9. The average molecular weight is 990 g/mol. The summed E-state index contributed by atoms with van der Waals surface area (Å²) in [6.07, 6.45) is 52.6. The van der Waals surface area contributed by atoms with Crippen LogP contribution in [0.25, 0.3) is 0 Å². The van der Waals surface area contributed by atoms with Gasteiger partial charge >= 0.3 is 11.9 Å². The van der Waals surface area contributed by atoms with Crippen LogP contribution >= 0.6 is 0 Å². The van der Waals surface area contributed by atoms with Crippen LogP contribution in [-0.4, -0.2) is 22.6 Å². The van der Waals surface area contributed by atoms with Crippen LogP contribution in [0.15, 0.2) is 36.5 Å². The molecule has 0 saturated carbocycles. The monoisotopic (exact) mass is 989 g/mol. The molecule has 0 amide bonds. The molecule has 2 unspecified atom stereocenters. The number of carbonyl (C=O) groups excluding carboxylic acids is 2. The van der Waals surface area contributed by atoms with Crippen molar-refractivity contribution in [2.75, 3.05) is 0 Å². The third-order valence-electron chi connectivity index (χ3n) is 16.0. The summed E-state index contributed by atoms with van der Waals surface area (Å²) in [4.78, 5) is 38.4. The molecule has 0 spiro atoms. The molecule has 1 heterocycles. The molecular weight excluding hydrogens is 877 g/mol. The van der Waals surface area contributed by atoms with Gasteiger partial charge in [-0.05, 0) is 152 Å². The zero-order chi connectivity index (χ0) is 52.1. The number of allylic oxidation sites excluding steroid dienone is 6. The van der Waals surface area contributed by atoms with Gasteiger partial charge in [-0.15, -0.1) is 0 Å². The van der Waals surface area contributed by atoms with Crippen LogP contribution in [-0.2, 0) is 25.8 Å². The number of aromatic hydroxyl groups is 1. The first-order valence-corrected chi connectivity index (χ1v) is 30.1. The summed E-state index contributed by atoms with van der Waals surface area (Å²) in [6.45, 7) is 22.2. The third kappa shape index (κ3) is 27.7. The Morgan fingerprint density at radius 3 is 1.63 bits per heavy atom. The van der Waals surface area contributed by atoms with E-state index in [1.807, 2.05) is 20.8 Å². The Morgan fingerprint density at radius 2 is 1.06 bits per heavy atom. The molecular formula is C65H112O6. The maximum Gasteiger partial charge on any atom is 0.359 e. The number of fused-ring (bicyclic) bond motifs is 1. The SMILES string of the molecule is CCCCC/C=C\C/C=C\CCCCCCCC(=O)OOC(=O)C(CCCCCC/C=C\CCCCCCCC)C1Cc2c(C)c(O)c(C)c(C)c2O[C@@]1(C)CCC[C@H](C)CCC[C@@H](C)CCCC(C)C. The van der Waals surface area contributed by atoms with Crippen molar-refractivity contribution in [3.8, 4) is 11.5 Å². The highest BCUT2D eigenvalue weighted by Crippen LogP contribution is 2.50. The lowest BCUT2D eigenvalue weighted by atomic mass is 9.69. The maximum atomic E-state index is 14.4. The van der Waals surface area contributed by atoms with E-state index in [9.17, 15) is 14.7 Å². The molecule has 2 rings (SSSR count). The van der Waals surface area contributed by atoms with E-state index in [0.717, 1.165) is 136 Å². The normalized spacial score (nSPS) is 17.3. The smallest absolute Gasteiger partial charge is 0.359 e. The van der Waals surface area contributed by atoms with E-state index in [1.165, 1.54) is 109 Å². The molecule has 1 aromatic carbocycles. The van der Waals surface area contributed by atoms with Crippen LogP contribution in [0.1, 0.15) is 289 Å². The Kier molecular flexibility index (Phi) is 35.6. The maximum absolute atomic E-state index is 14.4. The van der Waals surface area contributed by atoms with Crippen molar-refractivity contribution in [3.63, 3.8) is 0 Å². The van der Waals surface area contributed by atoms with Gasteiger partial charge in [-0.25, -0.2) is 19.4 Å². The number of benzene rings is 1. The molecule has 1 aromatic rings. The van der Waals surface area contributed by atoms with E-state index < -0.39 is 23.5 Å². The minimum Gasteiger partial charge on any atom is -0.507 e. The van der Waals surface area contributed by atoms with E-state index in [2.05, 4.69) is 84.9 Å². The predicted octanol–water partition coefficient (Wildman–Crippen LogP) is 20.1. The van der Waals surface area contributed by atoms with Crippen molar-refractivity contribution in [2.45, 2.75) is 300 Å². The van der Waals surface area contributed by atoms with Gasteiger partial charge in [-0.2, -0.15) is 0 Å². The van der Waals surface area contributed by atoms with Gasteiger partial charge in [0, 0.05) is 11.5 Å². The second kappa shape index (κ2) is 39.4. The molecule has 0 bridgehead atoms. The van der Waals surface area contributed by atoms with Crippen molar-refractivity contribution >= 4 is 11.9 Å². The van der Waals surface area contributed by atoms with Crippen molar-refractivity contribution in [2.24, 2.45) is 29.6 Å². The zero-order valence-corrected chi connectivity index (χ0v) is 48.1. The van der Waals surface area contributed by atoms with E-state index >= 15 is 0 Å². The first-order chi connectivity index (χ1) is 34.2. The molecule has 71 heavy (non-hydrogen) atoms. The Bertz CT molecular complexity index is 1640. The largest absolute Gasteiger partial charge is 0.507 e. The Morgan fingerprint density at radius 1 is 0.577 bits per heavy atom. The van der Waals surface area contributed by atoms with Crippen LogP contribution in [0.3, 0.4) is 0 Å². The molecule has 1 aliphatic rings. The highest BCUT2D eigenvalue weighted by Gasteiger charge is 2.49. The van der Waals surface area contributed by atoms with E-state index in [4.69, 9.17) is 14.5 Å². The molecule has 408 valence electrons. The van der Waals surface area contributed by atoms with Crippen LogP contribution in [0.5, 0.6) is 11.5 Å². The summed E-state index contributed by atoms with van der Waals surface area (Å²) in [5.41, 5.74) is 2.97. The summed E-state index contributed by atoms with van der Waals surface area (Å²) in [7, 11) is 0. The summed E-state index contributed by atoms with van der Waals surface area (Å²) < 4.78 is 7.21. The van der Waals surface area contributed by atoms with Gasteiger partial charge in [0.2, 0.25) is 0 Å². The molecule has 1 N–H and O–H groups in total. The second-order valence-electron chi connectivity index (χ2n) is 23.1. The molecule has 6 nitrogen and oxygen atoms in total. The van der Waals surface area contributed by atoms with Gasteiger partial charge < -0.3 is 9.84 Å². The molecule has 6 heteroatoms. The number of hydrogen-bond donors (Lipinski definition) is 1. The minimum absolute atomic E-state index is 0.213. The molecule has 0 aromatic heterocycles. The third-order valence-corrected chi connectivity index (χ3v) is 16.0. The van der Waals surface area contributed by atoms with Crippen molar-refractivity contribution in [1.29, 1.82) is 0 Å². The van der Waals surface area contributed by atoms with E-state index in [0.29, 0.717) is 24.5 Å². The van der Waals surface area contributed by atoms with Crippen molar-refractivity contribution < 1.29 is 29.2 Å². The Hall–Kier alpha value is -3.02. The first kappa shape index (κ1) is 64.1. The van der Waals surface area contributed by atoms with Crippen LogP contribution in [0, 0.1) is 50.4 Å². The molecule has 0 fully saturated rings. The summed E-state index contributed by atoms with van der Waals surface area (Å²) in [5, 5.41) is 11.3. The standard InChI is InChI=1S/C65H112O6/c1-11-13-15-17-19-21-23-25-27-29-31-33-35-37-39-49-61(66)70-71-64(68)58(48-38-36-34-32-30-28-26-24-22-20-18-16-14-12-2)60-51-59-57(9)62(67)55(7)56(8)63(59)69-65(60,10)50-42-47-54(6)46-41-45-53(5)44-40-43-52(3)4/h19,21,25-28,52-54,58,60,67H,11-18,20,22-24,29-51H2,1-10H3/b21-19-,27-25-,28-26-/t53-,54+,58?,60?,65-/m0/s1. The number of phenolic OH excluding ortho intramolecular Hbond substituents is 1. The lowest BCUT2D eigenvalue weighted by Crippen LogP contribution is -2.50.